The summed E-state index contributed by atoms with van der Waals surface area (Å²) in [4.78, 5) is 15.2. The Morgan fingerprint density at radius 1 is 1.85 bits per heavy atom. The van der Waals surface area contributed by atoms with Crippen molar-refractivity contribution in [3.05, 3.63) is 32.5 Å². The van der Waals surface area contributed by atoms with E-state index < -0.39 is 11.0 Å². The van der Waals surface area contributed by atoms with Crippen LogP contribution in [0.5, 0.6) is 0 Å². The van der Waals surface area contributed by atoms with E-state index in [2.05, 4.69) is 9.99 Å². The van der Waals surface area contributed by atoms with E-state index in [4.69, 9.17) is 0 Å². The number of nitrogens with zero attached hydrogens (tertiary/aromatic N) is 2. The highest BCUT2D eigenvalue weighted by atomic mass is 32.1. The standard InChI is InChI=1S/C7H8N2O3S/c1-12-8-5-6(9(10)11)7-3-2-4-13-7/h2-6H,1H3/b8-5+. The molecule has 0 saturated heterocycles. The molecule has 0 N–H and O–H groups in total. The molecule has 1 atom stereocenters. The third-order valence-corrected chi connectivity index (χ3v) is 2.31. The first-order valence-electron chi connectivity index (χ1n) is 3.49. The van der Waals surface area contributed by atoms with Crippen molar-refractivity contribution in [3.63, 3.8) is 0 Å². The van der Waals surface area contributed by atoms with Gasteiger partial charge in [0, 0.05) is 4.92 Å². The highest BCUT2D eigenvalue weighted by Crippen LogP contribution is 2.19. The van der Waals surface area contributed by atoms with Crippen LogP contribution in [0.4, 0.5) is 0 Å². The zero-order chi connectivity index (χ0) is 9.68. The Kier molecular flexibility index (Phi) is 3.39. The first-order valence-corrected chi connectivity index (χ1v) is 4.37. The maximum Gasteiger partial charge on any atom is 0.285 e. The number of hydrogen-bond donors (Lipinski definition) is 0. The third-order valence-electron chi connectivity index (χ3n) is 1.37. The molecular formula is C7H8N2O3S. The third kappa shape index (κ3) is 2.51. The topological polar surface area (TPSA) is 64.7 Å². The number of oxime groups is 1. The van der Waals surface area contributed by atoms with E-state index in [0.717, 1.165) is 0 Å². The van der Waals surface area contributed by atoms with Crippen molar-refractivity contribution in [2.75, 3.05) is 7.11 Å². The highest BCUT2D eigenvalue weighted by molar-refractivity contribution is 7.10. The molecule has 13 heavy (non-hydrogen) atoms. The fraction of sp³-hybridized carbons (Fsp3) is 0.286. The van der Waals surface area contributed by atoms with Gasteiger partial charge in [-0.3, -0.25) is 10.1 Å². The molecule has 70 valence electrons. The molecule has 1 rings (SSSR count). The lowest BCUT2D eigenvalue weighted by molar-refractivity contribution is -0.506. The van der Waals surface area contributed by atoms with E-state index in [9.17, 15) is 10.1 Å². The molecule has 1 heterocycles. The zero-order valence-corrected chi connectivity index (χ0v) is 7.73. The van der Waals surface area contributed by atoms with Gasteiger partial charge in [-0.1, -0.05) is 11.2 Å². The van der Waals surface area contributed by atoms with Crippen molar-refractivity contribution >= 4 is 17.6 Å². The van der Waals surface area contributed by atoms with Crippen LogP contribution >= 0.6 is 11.3 Å². The van der Waals surface area contributed by atoms with Crippen molar-refractivity contribution in [3.8, 4) is 0 Å². The van der Waals surface area contributed by atoms with Crippen LogP contribution < -0.4 is 0 Å². The van der Waals surface area contributed by atoms with E-state index in [1.807, 2.05) is 0 Å². The van der Waals surface area contributed by atoms with E-state index in [1.54, 1.807) is 17.5 Å². The largest absolute Gasteiger partial charge is 0.399 e. The molecule has 0 aromatic carbocycles. The first kappa shape index (κ1) is 9.66. The maximum absolute atomic E-state index is 10.6. The SMILES string of the molecule is CO/N=C/C(c1cccs1)[N+](=O)[O-]. The summed E-state index contributed by atoms with van der Waals surface area (Å²) >= 11 is 1.32. The lowest BCUT2D eigenvalue weighted by Gasteiger charge is -1.99. The van der Waals surface area contributed by atoms with Gasteiger partial charge in [-0.2, -0.15) is 0 Å². The Hall–Kier alpha value is -1.43. The molecular weight excluding hydrogens is 192 g/mol. The Bertz CT molecular complexity index is 297. The molecule has 0 bridgehead atoms. The molecule has 0 spiro atoms. The smallest absolute Gasteiger partial charge is 0.285 e. The molecule has 0 amide bonds. The molecule has 0 aliphatic rings. The van der Waals surface area contributed by atoms with Crippen LogP contribution in [0, 0.1) is 10.1 Å². The fourth-order valence-electron chi connectivity index (χ4n) is 0.810. The minimum absolute atomic E-state index is 0.408. The van der Waals surface area contributed by atoms with E-state index in [0.29, 0.717) is 4.88 Å². The molecule has 1 unspecified atom stereocenters. The van der Waals surface area contributed by atoms with Gasteiger partial charge in [0.15, 0.2) is 0 Å². The molecule has 0 radical (unpaired) electrons. The quantitative estimate of drug-likeness (QED) is 0.422. The van der Waals surface area contributed by atoms with Crippen LogP contribution in [-0.2, 0) is 4.84 Å². The van der Waals surface area contributed by atoms with Crippen LogP contribution in [0.15, 0.2) is 22.7 Å². The van der Waals surface area contributed by atoms with Gasteiger partial charge in [-0.15, -0.1) is 11.3 Å². The van der Waals surface area contributed by atoms with Crippen LogP contribution in [0.1, 0.15) is 10.9 Å². The summed E-state index contributed by atoms with van der Waals surface area (Å²) in [5, 5.41) is 15.7. The molecule has 0 aliphatic heterocycles. The maximum atomic E-state index is 10.6. The molecule has 5 nitrogen and oxygen atoms in total. The van der Waals surface area contributed by atoms with Gasteiger partial charge in [0.25, 0.3) is 6.04 Å². The van der Waals surface area contributed by atoms with Crippen molar-refractivity contribution in [2.45, 2.75) is 6.04 Å². The summed E-state index contributed by atoms with van der Waals surface area (Å²) in [6.07, 6.45) is 1.17. The lowest BCUT2D eigenvalue weighted by Crippen LogP contribution is -2.10. The average molecular weight is 200 g/mol. The summed E-state index contributed by atoms with van der Waals surface area (Å²) in [6, 6.07) is 2.55. The number of hydrogen-bond acceptors (Lipinski definition) is 5. The van der Waals surface area contributed by atoms with Gasteiger partial charge in [0.2, 0.25) is 0 Å². The number of nitro groups is 1. The fourth-order valence-corrected chi connectivity index (χ4v) is 1.57. The second-order valence-electron chi connectivity index (χ2n) is 2.18. The van der Waals surface area contributed by atoms with Crippen LogP contribution in [0.25, 0.3) is 0 Å². The second-order valence-corrected chi connectivity index (χ2v) is 3.16. The molecule has 0 saturated carbocycles. The molecule has 1 aromatic rings. The summed E-state index contributed by atoms with van der Waals surface area (Å²) in [6.45, 7) is 0. The summed E-state index contributed by atoms with van der Waals surface area (Å²) < 4.78 is 0. The summed E-state index contributed by atoms with van der Waals surface area (Å²) in [5.74, 6) is 0. The van der Waals surface area contributed by atoms with E-state index in [-0.39, 0.29) is 0 Å². The number of thiophene rings is 1. The number of rotatable bonds is 4. The van der Waals surface area contributed by atoms with Crippen molar-refractivity contribution in [1.82, 2.24) is 0 Å². The minimum Gasteiger partial charge on any atom is -0.399 e. The highest BCUT2D eigenvalue weighted by Gasteiger charge is 2.21. The predicted octanol–water partition coefficient (Wildman–Crippen LogP) is 1.70. The molecule has 6 heteroatoms. The van der Waals surface area contributed by atoms with Gasteiger partial charge in [0.05, 0.1) is 4.88 Å². The van der Waals surface area contributed by atoms with E-state index >= 15 is 0 Å². The van der Waals surface area contributed by atoms with Crippen molar-refractivity contribution in [2.24, 2.45) is 5.16 Å². The lowest BCUT2D eigenvalue weighted by atomic mass is 10.3. The summed E-state index contributed by atoms with van der Waals surface area (Å²) in [7, 11) is 1.35. The molecule has 0 aliphatic carbocycles. The summed E-state index contributed by atoms with van der Waals surface area (Å²) in [5.41, 5.74) is 0. The zero-order valence-electron chi connectivity index (χ0n) is 6.91. The van der Waals surface area contributed by atoms with E-state index in [1.165, 1.54) is 24.7 Å². The Morgan fingerprint density at radius 2 is 2.62 bits per heavy atom. The van der Waals surface area contributed by atoms with Crippen LogP contribution in [-0.4, -0.2) is 18.2 Å². The molecule has 1 aromatic heterocycles. The minimum atomic E-state index is -0.903. The van der Waals surface area contributed by atoms with Gasteiger partial charge >= 0.3 is 0 Å². The van der Waals surface area contributed by atoms with Crippen LogP contribution in [0.2, 0.25) is 0 Å². The Balaban J connectivity index is 2.81. The average Bonchev–Trinajstić information content (AvgIpc) is 2.57. The van der Waals surface area contributed by atoms with Crippen LogP contribution in [0.3, 0.4) is 0 Å². The Morgan fingerprint density at radius 3 is 3.08 bits per heavy atom. The first-order chi connectivity index (χ1) is 6.25. The monoisotopic (exact) mass is 200 g/mol. The predicted molar refractivity (Wildman–Crippen MR) is 49.6 cm³/mol. The normalized spacial score (nSPS) is 13.0. The van der Waals surface area contributed by atoms with Gasteiger partial charge < -0.3 is 4.84 Å². The van der Waals surface area contributed by atoms with Gasteiger partial charge in [-0.05, 0) is 11.4 Å². The molecule has 0 fully saturated rings. The van der Waals surface area contributed by atoms with Gasteiger partial charge in [0.1, 0.15) is 13.3 Å². The van der Waals surface area contributed by atoms with Gasteiger partial charge in [-0.25, -0.2) is 0 Å². The van der Waals surface area contributed by atoms with Crippen molar-refractivity contribution in [1.29, 1.82) is 0 Å². The second kappa shape index (κ2) is 4.56. The van der Waals surface area contributed by atoms with Crippen molar-refractivity contribution < 1.29 is 9.76 Å². The Labute approximate surface area is 78.8 Å².